The lowest BCUT2D eigenvalue weighted by Gasteiger charge is -2.13. The molecule has 0 aliphatic rings. The van der Waals surface area contributed by atoms with E-state index in [1.54, 1.807) is 29.6 Å². The van der Waals surface area contributed by atoms with Crippen molar-refractivity contribution in [2.24, 2.45) is 5.73 Å². The molecular weight excluding hydrogens is 316 g/mol. The first-order valence-corrected chi connectivity index (χ1v) is 7.73. The predicted octanol–water partition coefficient (Wildman–Crippen LogP) is 2.35. The number of aryl methyl sites for hydroxylation is 1. The van der Waals surface area contributed by atoms with E-state index in [1.165, 1.54) is 6.07 Å². The smallest absolute Gasteiger partial charge is 0.311 e. The maximum atomic E-state index is 12.1. The highest BCUT2D eigenvalue weighted by Gasteiger charge is 2.24. The molecule has 0 fully saturated rings. The van der Waals surface area contributed by atoms with Gasteiger partial charge in [0.2, 0.25) is 5.91 Å². The summed E-state index contributed by atoms with van der Waals surface area (Å²) in [6.45, 7) is 1.90. The van der Waals surface area contributed by atoms with Gasteiger partial charge in [-0.1, -0.05) is 29.8 Å². The van der Waals surface area contributed by atoms with Crippen LogP contribution in [0.1, 0.15) is 33.8 Å². The van der Waals surface area contributed by atoms with E-state index in [-0.39, 0.29) is 12.0 Å². The number of primary amides is 1. The van der Waals surface area contributed by atoms with Gasteiger partial charge in [0.15, 0.2) is 0 Å². The molecule has 1 heterocycles. The van der Waals surface area contributed by atoms with Gasteiger partial charge in [0.1, 0.15) is 5.00 Å². The summed E-state index contributed by atoms with van der Waals surface area (Å²) < 4.78 is 0. The number of carboxylic acids is 1. The van der Waals surface area contributed by atoms with Gasteiger partial charge < -0.3 is 16.2 Å². The van der Waals surface area contributed by atoms with Crippen molar-refractivity contribution in [3.8, 4) is 0 Å². The predicted molar refractivity (Wildman–Crippen MR) is 87.6 cm³/mol. The average Bonchev–Trinajstić information content (AvgIpc) is 2.94. The lowest BCUT2D eigenvalue weighted by Crippen LogP contribution is -2.22. The van der Waals surface area contributed by atoms with Gasteiger partial charge in [-0.25, -0.2) is 0 Å². The standard InChI is InChI=1S/C16H16N2O4S/c1-9-2-4-10(5-3-9)12(16(21)22)8-13(19)18-15-11(14(17)20)6-7-23-15/h2-7,12H,8H2,1H3,(H2,17,20)(H,18,19)(H,21,22). The van der Waals surface area contributed by atoms with Crippen LogP contribution < -0.4 is 11.1 Å². The first-order valence-electron chi connectivity index (χ1n) is 6.85. The SMILES string of the molecule is Cc1ccc(C(CC(=O)Nc2sccc2C(N)=O)C(=O)O)cc1. The minimum Gasteiger partial charge on any atom is -0.481 e. The Morgan fingerprint density at radius 3 is 2.43 bits per heavy atom. The fourth-order valence-corrected chi connectivity index (χ4v) is 2.92. The molecule has 2 amide bonds. The third kappa shape index (κ3) is 4.17. The molecule has 0 aliphatic heterocycles. The Balaban J connectivity index is 2.12. The zero-order chi connectivity index (χ0) is 17.0. The van der Waals surface area contributed by atoms with Crippen LogP contribution in [-0.4, -0.2) is 22.9 Å². The largest absolute Gasteiger partial charge is 0.481 e. The molecule has 0 spiro atoms. The van der Waals surface area contributed by atoms with Gasteiger partial charge in [-0.05, 0) is 23.9 Å². The number of amides is 2. The summed E-state index contributed by atoms with van der Waals surface area (Å²) in [4.78, 5) is 34.8. The summed E-state index contributed by atoms with van der Waals surface area (Å²) in [5.41, 5.74) is 6.99. The summed E-state index contributed by atoms with van der Waals surface area (Å²) in [5.74, 6) is -3.16. The van der Waals surface area contributed by atoms with Crippen LogP contribution >= 0.6 is 11.3 Å². The van der Waals surface area contributed by atoms with Crippen LogP contribution in [0.2, 0.25) is 0 Å². The van der Waals surface area contributed by atoms with Crippen LogP contribution in [0.4, 0.5) is 5.00 Å². The molecule has 4 N–H and O–H groups in total. The molecule has 7 heteroatoms. The van der Waals surface area contributed by atoms with Crippen molar-refractivity contribution in [1.82, 2.24) is 0 Å². The molecule has 0 aliphatic carbocycles. The number of benzene rings is 1. The maximum absolute atomic E-state index is 12.1. The van der Waals surface area contributed by atoms with Crippen LogP contribution in [-0.2, 0) is 9.59 Å². The Kier molecular flexibility index (Phi) is 5.13. The molecule has 2 aromatic rings. The van der Waals surface area contributed by atoms with Crippen molar-refractivity contribution in [2.45, 2.75) is 19.3 Å². The Labute approximate surface area is 136 Å². The van der Waals surface area contributed by atoms with E-state index in [2.05, 4.69) is 5.32 Å². The van der Waals surface area contributed by atoms with Crippen molar-refractivity contribution in [1.29, 1.82) is 0 Å². The van der Waals surface area contributed by atoms with Crippen molar-refractivity contribution in [3.05, 3.63) is 52.4 Å². The molecule has 120 valence electrons. The van der Waals surface area contributed by atoms with Crippen molar-refractivity contribution in [2.75, 3.05) is 5.32 Å². The Morgan fingerprint density at radius 2 is 1.87 bits per heavy atom. The van der Waals surface area contributed by atoms with Crippen molar-refractivity contribution in [3.63, 3.8) is 0 Å². The zero-order valence-electron chi connectivity index (χ0n) is 12.4. The number of carbonyl (C=O) groups excluding carboxylic acids is 2. The molecule has 0 saturated heterocycles. The number of carbonyl (C=O) groups is 3. The molecule has 0 radical (unpaired) electrons. The van der Waals surface area contributed by atoms with E-state index in [4.69, 9.17) is 5.73 Å². The summed E-state index contributed by atoms with van der Waals surface area (Å²) in [6.07, 6.45) is -0.228. The summed E-state index contributed by atoms with van der Waals surface area (Å²) in [7, 11) is 0. The van der Waals surface area contributed by atoms with Gasteiger partial charge in [-0.15, -0.1) is 11.3 Å². The molecule has 0 bridgehead atoms. The normalized spacial score (nSPS) is 11.7. The van der Waals surface area contributed by atoms with Crippen molar-refractivity contribution >= 4 is 34.1 Å². The maximum Gasteiger partial charge on any atom is 0.311 e. The lowest BCUT2D eigenvalue weighted by atomic mass is 9.95. The fraction of sp³-hybridized carbons (Fsp3) is 0.188. The number of hydrogen-bond acceptors (Lipinski definition) is 4. The number of rotatable bonds is 6. The van der Waals surface area contributed by atoms with Crippen molar-refractivity contribution < 1.29 is 19.5 Å². The zero-order valence-corrected chi connectivity index (χ0v) is 13.2. The third-order valence-corrected chi connectivity index (χ3v) is 4.18. The molecule has 1 aromatic heterocycles. The van der Waals surface area contributed by atoms with E-state index in [1.807, 2.05) is 6.92 Å². The highest BCUT2D eigenvalue weighted by atomic mass is 32.1. The van der Waals surface area contributed by atoms with E-state index < -0.39 is 23.7 Å². The van der Waals surface area contributed by atoms with Gasteiger partial charge in [-0.3, -0.25) is 14.4 Å². The molecule has 1 aromatic carbocycles. The van der Waals surface area contributed by atoms with Crippen LogP contribution in [0.25, 0.3) is 0 Å². The minimum absolute atomic E-state index is 0.213. The van der Waals surface area contributed by atoms with Crippen LogP contribution in [0, 0.1) is 6.92 Å². The first kappa shape index (κ1) is 16.7. The number of carboxylic acid groups (broad SMARTS) is 1. The summed E-state index contributed by atoms with van der Waals surface area (Å²) in [5, 5.41) is 13.9. The number of hydrogen-bond donors (Lipinski definition) is 3. The van der Waals surface area contributed by atoms with Gasteiger partial charge >= 0.3 is 5.97 Å². The Morgan fingerprint density at radius 1 is 1.22 bits per heavy atom. The van der Waals surface area contributed by atoms with E-state index in [0.717, 1.165) is 16.9 Å². The molecular formula is C16H16N2O4S. The molecule has 6 nitrogen and oxygen atoms in total. The molecule has 0 saturated carbocycles. The molecule has 2 rings (SSSR count). The summed E-state index contributed by atoms with van der Waals surface area (Å²) in [6, 6.07) is 8.50. The van der Waals surface area contributed by atoms with Gasteiger partial charge in [0.05, 0.1) is 11.5 Å². The molecule has 23 heavy (non-hydrogen) atoms. The van der Waals surface area contributed by atoms with Gasteiger partial charge in [0.25, 0.3) is 5.91 Å². The molecule has 1 unspecified atom stereocenters. The number of thiophene rings is 1. The number of nitrogens with one attached hydrogen (secondary N) is 1. The minimum atomic E-state index is -1.08. The Hall–Kier alpha value is -2.67. The number of anilines is 1. The second-order valence-electron chi connectivity index (χ2n) is 5.08. The topological polar surface area (TPSA) is 109 Å². The van der Waals surface area contributed by atoms with E-state index >= 15 is 0 Å². The quantitative estimate of drug-likeness (QED) is 0.754. The summed E-state index contributed by atoms with van der Waals surface area (Å²) >= 11 is 1.16. The fourth-order valence-electron chi connectivity index (χ4n) is 2.11. The van der Waals surface area contributed by atoms with Gasteiger partial charge in [-0.2, -0.15) is 0 Å². The van der Waals surface area contributed by atoms with E-state index in [0.29, 0.717) is 10.6 Å². The second-order valence-corrected chi connectivity index (χ2v) is 6.00. The Bertz CT molecular complexity index is 737. The van der Waals surface area contributed by atoms with Crippen LogP contribution in [0.5, 0.6) is 0 Å². The van der Waals surface area contributed by atoms with E-state index in [9.17, 15) is 19.5 Å². The average molecular weight is 332 g/mol. The number of aliphatic carboxylic acids is 1. The lowest BCUT2D eigenvalue weighted by molar-refractivity contribution is -0.140. The van der Waals surface area contributed by atoms with Crippen LogP contribution in [0.3, 0.4) is 0 Å². The highest BCUT2D eigenvalue weighted by molar-refractivity contribution is 7.14. The number of nitrogens with two attached hydrogens (primary N) is 1. The third-order valence-electron chi connectivity index (χ3n) is 3.35. The first-order chi connectivity index (χ1) is 10.9. The van der Waals surface area contributed by atoms with Gasteiger partial charge in [0, 0.05) is 6.42 Å². The highest BCUT2D eigenvalue weighted by Crippen LogP contribution is 2.25. The van der Waals surface area contributed by atoms with Crippen LogP contribution in [0.15, 0.2) is 35.7 Å². The second kappa shape index (κ2) is 7.06. The molecule has 1 atom stereocenters. The monoisotopic (exact) mass is 332 g/mol.